The van der Waals surface area contributed by atoms with E-state index in [1.54, 1.807) is 0 Å². The summed E-state index contributed by atoms with van der Waals surface area (Å²) in [6.45, 7) is 56.2. The van der Waals surface area contributed by atoms with Crippen molar-refractivity contribution in [3.8, 4) is 12.3 Å². The third-order valence-corrected chi connectivity index (χ3v) is 7.20. The van der Waals surface area contributed by atoms with Crippen molar-refractivity contribution in [1.82, 2.24) is 0 Å². The largest absolute Gasteiger partial charge is 0.115 e. The first-order valence-corrected chi connectivity index (χ1v) is 23.3. The summed E-state index contributed by atoms with van der Waals surface area (Å²) in [4.78, 5) is 0. The molecular weight excluding hydrogens is 673 g/mol. The number of rotatable bonds is 10. The highest BCUT2D eigenvalue weighted by atomic mass is 14.1. The number of terminal acetylenes is 1. The van der Waals surface area contributed by atoms with Gasteiger partial charge in [0.15, 0.2) is 0 Å². The second kappa shape index (κ2) is 70.1. The normalized spacial score (nSPS) is 8.70. The maximum atomic E-state index is 5.20. The van der Waals surface area contributed by atoms with Gasteiger partial charge in [0.1, 0.15) is 0 Å². The smallest absolute Gasteiger partial charge is 0.0271 e. The summed E-state index contributed by atoms with van der Waals surface area (Å²) in [5, 5.41) is 0. The maximum absolute atomic E-state index is 5.20. The second-order valence-corrected chi connectivity index (χ2v) is 12.5. The van der Waals surface area contributed by atoms with E-state index in [2.05, 4.69) is 120 Å². The first-order chi connectivity index (χ1) is 26.8. The van der Waals surface area contributed by atoms with Crippen molar-refractivity contribution in [3.05, 3.63) is 106 Å². The van der Waals surface area contributed by atoms with Gasteiger partial charge in [0.2, 0.25) is 0 Å². The van der Waals surface area contributed by atoms with E-state index in [1.165, 1.54) is 97.6 Å². The Labute approximate surface area is 360 Å². The molecule has 2 rings (SSSR count). The molecule has 0 nitrogen and oxygen atoms in total. The van der Waals surface area contributed by atoms with Crippen LogP contribution in [0.25, 0.3) is 0 Å². The van der Waals surface area contributed by atoms with Crippen LogP contribution < -0.4 is 0 Å². The van der Waals surface area contributed by atoms with Crippen LogP contribution in [-0.4, -0.2) is 0 Å². The lowest BCUT2D eigenvalue weighted by molar-refractivity contribution is 0.480. The molecule has 0 aliphatic carbocycles. The molecule has 0 fully saturated rings. The number of benzene rings is 2. The van der Waals surface area contributed by atoms with E-state index >= 15 is 0 Å². The monoisotopic (exact) mass is 781 g/mol. The topological polar surface area (TPSA) is 0 Å². The van der Waals surface area contributed by atoms with Crippen molar-refractivity contribution in [3.63, 3.8) is 0 Å². The van der Waals surface area contributed by atoms with Gasteiger partial charge in [-0.15, -0.1) is 6.42 Å². The first kappa shape index (κ1) is 74.2. The molecule has 2 aromatic rings. The SMILES string of the molecule is C#Cc1ccccc1C.C=C(C)/C=C\C(C)=C/C.CC.CC.CC.CC.CC.CCC.CCCC.CCCC(C)CCC.CCCCc1cc(C)c(C)cc1C. The zero-order valence-electron chi connectivity index (χ0n) is 43.6. The molecule has 0 saturated carbocycles. The molecule has 0 aromatic heterocycles. The lowest BCUT2D eigenvalue weighted by atomic mass is 9.97. The van der Waals surface area contributed by atoms with E-state index in [4.69, 9.17) is 6.42 Å². The number of hydrogen-bond acceptors (Lipinski definition) is 0. The molecule has 0 heteroatoms. The molecule has 0 bridgehead atoms. The Kier molecular flexibility index (Phi) is 92.9. The fourth-order valence-electron chi connectivity index (χ4n) is 3.89. The molecule has 2 aromatic carbocycles. The van der Waals surface area contributed by atoms with Crippen molar-refractivity contribution < 1.29 is 0 Å². The Morgan fingerprint density at radius 3 is 1.34 bits per heavy atom. The average molecular weight is 781 g/mol. The van der Waals surface area contributed by atoms with Crippen molar-refractivity contribution in [2.75, 3.05) is 0 Å². The predicted molar refractivity (Wildman–Crippen MR) is 274 cm³/mol. The zero-order chi connectivity index (χ0) is 46.3. The van der Waals surface area contributed by atoms with Crippen molar-refractivity contribution in [2.45, 2.75) is 237 Å². The highest BCUT2D eigenvalue weighted by Crippen LogP contribution is 2.17. The minimum absolute atomic E-state index is 0.963. The Hall–Kier alpha value is -2.78. The minimum atomic E-state index is 0.963. The molecule has 0 spiro atoms. The molecule has 0 aliphatic heterocycles. The number of unbranched alkanes of at least 4 members (excludes halogenated alkanes) is 2. The van der Waals surface area contributed by atoms with Crippen LogP contribution in [0.15, 0.2) is 72.4 Å². The predicted octanol–water partition coefficient (Wildman–Crippen LogP) is 20.6. The van der Waals surface area contributed by atoms with Gasteiger partial charge in [-0.2, -0.15) is 0 Å². The second-order valence-electron chi connectivity index (χ2n) is 12.5. The van der Waals surface area contributed by atoms with Crippen LogP contribution in [0.5, 0.6) is 0 Å². The molecule has 0 radical (unpaired) electrons. The fraction of sp³-hybridized carbons (Fsp3) is 0.643. The molecule has 0 amide bonds. The molecule has 0 atom stereocenters. The van der Waals surface area contributed by atoms with Gasteiger partial charge in [0.25, 0.3) is 0 Å². The lowest BCUT2D eigenvalue weighted by Gasteiger charge is -2.08. The summed E-state index contributed by atoms with van der Waals surface area (Å²) in [7, 11) is 0. The molecule has 0 heterocycles. The summed E-state index contributed by atoms with van der Waals surface area (Å²) in [5.41, 5.74) is 10.3. The van der Waals surface area contributed by atoms with Gasteiger partial charge in [-0.1, -0.05) is 248 Å². The van der Waals surface area contributed by atoms with Crippen molar-refractivity contribution in [1.29, 1.82) is 0 Å². The van der Waals surface area contributed by atoms with Gasteiger partial charge < -0.3 is 0 Å². The van der Waals surface area contributed by atoms with Gasteiger partial charge in [0, 0.05) is 5.56 Å². The quantitative estimate of drug-likeness (QED) is 0.166. The molecule has 56 heavy (non-hydrogen) atoms. The molecule has 0 aliphatic rings. The van der Waals surface area contributed by atoms with E-state index in [0.717, 1.165) is 17.1 Å². The van der Waals surface area contributed by atoms with Crippen molar-refractivity contribution >= 4 is 0 Å². The highest BCUT2D eigenvalue weighted by Gasteiger charge is 2.00. The summed E-state index contributed by atoms with van der Waals surface area (Å²) < 4.78 is 0. The van der Waals surface area contributed by atoms with Gasteiger partial charge in [-0.3, -0.25) is 0 Å². The van der Waals surface area contributed by atoms with E-state index < -0.39 is 0 Å². The van der Waals surface area contributed by atoms with Gasteiger partial charge in [-0.25, -0.2) is 0 Å². The number of allylic oxidation sites excluding steroid dienone is 5. The van der Waals surface area contributed by atoms with Crippen LogP contribution in [0.2, 0.25) is 0 Å². The van der Waals surface area contributed by atoms with Crippen LogP contribution in [0.3, 0.4) is 0 Å². The lowest BCUT2D eigenvalue weighted by Crippen LogP contribution is -1.93. The van der Waals surface area contributed by atoms with Crippen LogP contribution >= 0.6 is 0 Å². The van der Waals surface area contributed by atoms with E-state index in [0.29, 0.717) is 0 Å². The summed E-state index contributed by atoms with van der Waals surface area (Å²) in [5.74, 6) is 3.56. The van der Waals surface area contributed by atoms with Crippen LogP contribution in [0, 0.1) is 46.0 Å². The van der Waals surface area contributed by atoms with Crippen molar-refractivity contribution in [2.24, 2.45) is 5.92 Å². The van der Waals surface area contributed by atoms with Crippen LogP contribution in [0.1, 0.15) is 237 Å². The summed E-state index contributed by atoms with van der Waals surface area (Å²) >= 11 is 0. The van der Waals surface area contributed by atoms with E-state index in [9.17, 15) is 0 Å². The Balaban J connectivity index is -0.0000000670. The van der Waals surface area contributed by atoms with E-state index in [-0.39, 0.29) is 0 Å². The number of aryl methyl sites for hydroxylation is 5. The fourth-order valence-corrected chi connectivity index (χ4v) is 3.89. The van der Waals surface area contributed by atoms with Gasteiger partial charge in [0.05, 0.1) is 0 Å². The maximum Gasteiger partial charge on any atom is 0.0271 e. The van der Waals surface area contributed by atoms with Gasteiger partial charge in [-0.05, 0) is 101 Å². The Bertz CT molecular complexity index is 1060. The zero-order valence-corrected chi connectivity index (χ0v) is 43.6. The number of hydrogen-bond donors (Lipinski definition) is 0. The minimum Gasteiger partial charge on any atom is -0.115 e. The third kappa shape index (κ3) is 66.1. The molecule has 0 unspecified atom stereocenters. The Morgan fingerprint density at radius 1 is 0.625 bits per heavy atom. The highest BCUT2D eigenvalue weighted by molar-refractivity contribution is 5.38. The van der Waals surface area contributed by atoms with Gasteiger partial charge >= 0.3 is 0 Å². The molecule has 0 N–H and O–H groups in total. The summed E-state index contributed by atoms with van der Waals surface area (Å²) in [6.07, 6.45) is 24.6. The molecule has 0 saturated heterocycles. The summed E-state index contributed by atoms with van der Waals surface area (Å²) in [6, 6.07) is 12.5. The first-order valence-electron chi connectivity index (χ1n) is 23.3. The van der Waals surface area contributed by atoms with Crippen LogP contribution in [-0.2, 0) is 6.42 Å². The van der Waals surface area contributed by atoms with Crippen LogP contribution in [0.4, 0.5) is 0 Å². The van der Waals surface area contributed by atoms with E-state index in [1.807, 2.05) is 120 Å². The molecular formula is C56H108. The average Bonchev–Trinajstić information content (AvgIpc) is 3.23. The third-order valence-electron chi connectivity index (χ3n) is 7.20. The standard InChI is InChI=1S/C13H20.C9H8.C9H14.C8H18.C4H10.C3H8.5C2H6/c1-5-6-7-13-9-11(3)10(2)8-12(13)4;1-3-9-7-5-4-6-8(9)2;1-5-9(4)7-6-8(2)3;1-4-6-8(3)7-5-2;1-3-4-2;1-3-2;5*1-2/h8-9H,5-7H2,1-4H3;1,4-7H,2H3;5-7H,2H2,1,3-4H3;8H,4-7H2,1-3H3;3-4H2,1-2H3;3H2,1-2H3;5*1-2H3/b;;7-6-,9-5-;;;;;;;;. The molecule has 332 valence electrons. The Morgan fingerprint density at radius 2 is 1.04 bits per heavy atom.